The number of aryl methyl sites for hydroxylation is 1. The molecule has 0 atom stereocenters. The van der Waals surface area contributed by atoms with Crippen molar-refractivity contribution < 1.29 is 0 Å². The van der Waals surface area contributed by atoms with Crippen LogP contribution in [0.2, 0.25) is 0 Å². The van der Waals surface area contributed by atoms with Gasteiger partial charge in [-0.05, 0) is 50.8 Å². The van der Waals surface area contributed by atoms with Crippen molar-refractivity contribution in [3.8, 4) is 0 Å². The molecule has 1 N–H and O–H groups in total. The normalized spacial score (nSPS) is 15.5. The number of pyridine rings is 1. The van der Waals surface area contributed by atoms with E-state index in [9.17, 15) is 0 Å². The maximum Gasteiger partial charge on any atom is 0.128 e. The minimum absolute atomic E-state index is 0.709. The first-order valence-corrected chi connectivity index (χ1v) is 7.12. The zero-order chi connectivity index (χ0) is 13.0. The van der Waals surface area contributed by atoms with Gasteiger partial charge in [-0.2, -0.15) is 0 Å². The molecule has 1 aliphatic carbocycles. The first kappa shape index (κ1) is 13.3. The van der Waals surface area contributed by atoms with E-state index in [1.54, 1.807) is 0 Å². The van der Waals surface area contributed by atoms with E-state index in [0.29, 0.717) is 6.04 Å². The quantitative estimate of drug-likeness (QED) is 0.783. The van der Waals surface area contributed by atoms with Crippen LogP contribution in [0.15, 0.2) is 12.1 Å². The molecule has 1 heterocycles. The summed E-state index contributed by atoms with van der Waals surface area (Å²) >= 11 is 0. The number of nitrogens with one attached hydrogen (secondary N) is 1. The molecule has 0 amide bonds. The number of hydrogen-bond donors (Lipinski definition) is 1. The summed E-state index contributed by atoms with van der Waals surface area (Å²) in [7, 11) is 2.17. The van der Waals surface area contributed by atoms with E-state index in [0.717, 1.165) is 24.6 Å². The van der Waals surface area contributed by atoms with Gasteiger partial charge in [-0.1, -0.05) is 13.0 Å². The second-order valence-corrected chi connectivity index (χ2v) is 5.29. The van der Waals surface area contributed by atoms with Crippen molar-refractivity contribution in [1.82, 2.24) is 10.3 Å². The maximum absolute atomic E-state index is 4.74. The molecule has 100 valence electrons. The molecule has 0 aliphatic heterocycles. The Labute approximate surface area is 111 Å². The highest BCUT2D eigenvalue weighted by Gasteiger charge is 2.23. The molecular weight excluding hydrogens is 222 g/mol. The van der Waals surface area contributed by atoms with Crippen LogP contribution in [0.3, 0.4) is 0 Å². The summed E-state index contributed by atoms with van der Waals surface area (Å²) in [4.78, 5) is 7.07. The number of nitrogens with zero attached hydrogens (tertiary/aromatic N) is 2. The largest absolute Gasteiger partial charge is 0.357 e. The molecule has 1 fully saturated rings. The van der Waals surface area contributed by atoms with Crippen molar-refractivity contribution in [3.63, 3.8) is 0 Å². The number of rotatable bonds is 6. The number of anilines is 1. The molecule has 1 saturated carbocycles. The van der Waals surface area contributed by atoms with Crippen molar-refractivity contribution in [2.24, 2.45) is 0 Å². The van der Waals surface area contributed by atoms with E-state index in [2.05, 4.69) is 43.2 Å². The zero-order valence-corrected chi connectivity index (χ0v) is 11.9. The summed E-state index contributed by atoms with van der Waals surface area (Å²) in [5, 5.41) is 3.43. The molecule has 0 unspecified atom stereocenters. The maximum atomic E-state index is 4.74. The Morgan fingerprint density at radius 2 is 2.17 bits per heavy atom. The van der Waals surface area contributed by atoms with Gasteiger partial charge in [-0.25, -0.2) is 4.98 Å². The topological polar surface area (TPSA) is 28.2 Å². The predicted octanol–water partition coefficient (Wildman–Crippen LogP) is 2.88. The highest BCUT2D eigenvalue weighted by atomic mass is 15.2. The minimum Gasteiger partial charge on any atom is -0.357 e. The summed E-state index contributed by atoms with van der Waals surface area (Å²) in [5.74, 6) is 1.12. The van der Waals surface area contributed by atoms with Gasteiger partial charge in [0.05, 0.1) is 0 Å². The van der Waals surface area contributed by atoms with E-state index >= 15 is 0 Å². The van der Waals surface area contributed by atoms with Crippen LogP contribution in [-0.2, 0) is 6.54 Å². The fourth-order valence-corrected chi connectivity index (χ4v) is 2.32. The van der Waals surface area contributed by atoms with Gasteiger partial charge in [0.15, 0.2) is 0 Å². The average molecular weight is 247 g/mol. The monoisotopic (exact) mass is 247 g/mol. The Morgan fingerprint density at radius 1 is 1.39 bits per heavy atom. The van der Waals surface area contributed by atoms with Gasteiger partial charge in [-0.3, -0.25) is 0 Å². The van der Waals surface area contributed by atoms with E-state index in [1.807, 2.05) is 0 Å². The molecule has 1 aromatic rings. The van der Waals surface area contributed by atoms with Gasteiger partial charge in [0.1, 0.15) is 5.82 Å². The van der Waals surface area contributed by atoms with Gasteiger partial charge in [0.25, 0.3) is 0 Å². The van der Waals surface area contributed by atoms with Gasteiger partial charge in [0, 0.05) is 25.3 Å². The van der Waals surface area contributed by atoms with Crippen molar-refractivity contribution in [2.45, 2.75) is 52.1 Å². The average Bonchev–Trinajstić information content (AvgIpc) is 2.29. The zero-order valence-electron chi connectivity index (χ0n) is 11.9. The third-order valence-corrected chi connectivity index (χ3v) is 3.91. The van der Waals surface area contributed by atoms with Crippen LogP contribution in [0.25, 0.3) is 0 Å². The van der Waals surface area contributed by atoms with E-state index in [1.165, 1.54) is 31.2 Å². The third-order valence-electron chi connectivity index (χ3n) is 3.91. The summed E-state index contributed by atoms with van der Waals surface area (Å²) in [6, 6.07) is 5.09. The molecule has 0 saturated heterocycles. The van der Waals surface area contributed by atoms with Crippen LogP contribution in [0.5, 0.6) is 0 Å². The lowest BCUT2D eigenvalue weighted by molar-refractivity contribution is 0.399. The molecule has 2 rings (SSSR count). The molecule has 0 spiro atoms. The molecule has 3 heteroatoms. The Kier molecular flexibility index (Phi) is 4.59. The van der Waals surface area contributed by atoms with Gasteiger partial charge in [-0.15, -0.1) is 0 Å². The lowest BCUT2D eigenvalue weighted by Crippen LogP contribution is -2.37. The molecule has 1 aliphatic rings. The highest BCUT2D eigenvalue weighted by Crippen LogP contribution is 2.27. The number of hydrogen-bond acceptors (Lipinski definition) is 3. The molecule has 3 nitrogen and oxygen atoms in total. The number of aromatic nitrogens is 1. The lowest BCUT2D eigenvalue weighted by atomic mass is 9.92. The first-order chi connectivity index (χ1) is 8.72. The van der Waals surface area contributed by atoms with Crippen molar-refractivity contribution in [2.75, 3.05) is 18.5 Å². The van der Waals surface area contributed by atoms with Crippen molar-refractivity contribution >= 4 is 5.82 Å². The molecule has 1 aromatic heterocycles. The SMILES string of the molecule is CCCNCc1ccc(N(C)C2CCC2)nc1C. The Bertz CT molecular complexity index is 385. The Balaban J connectivity index is 1.99. The highest BCUT2D eigenvalue weighted by molar-refractivity contribution is 5.42. The second kappa shape index (κ2) is 6.19. The van der Waals surface area contributed by atoms with Crippen molar-refractivity contribution in [1.29, 1.82) is 0 Å². The summed E-state index contributed by atoms with van der Waals surface area (Å²) in [6.45, 7) is 6.30. The van der Waals surface area contributed by atoms with Crippen molar-refractivity contribution in [3.05, 3.63) is 23.4 Å². The van der Waals surface area contributed by atoms with Crippen LogP contribution >= 0.6 is 0 Å². The fraction of sp³-hybridized carbons (Fsp3) is 0.667. The van der Waals surface area contributed by atoms with Crippen LogP contribution in [0.1, 0.15) is 43.9 Å². The molecule has 0 bridgehead atoms. The molecule has 0 radical (unpaired) electrons. The summed E-state index contributed by atoms with van der Waals surface area (Å²) in [5.41, 5.74) is 2.47. The van der Waals surface area contributed by atoms with Gasteiger partial charge >= 0.3 is 0 Å². The summed E-state index contributed by atoms with van der Waals surface area (Å²) in [6.07, 6.45) is 5.18. The van der Waals surface area contributed by atoms with Gasteiger partial charge in [0.2, 0.25) is 0 Å². The third kappa shape index (κ3) is 3.02. The molecule has 0 aromatic carbocycles. The fourth-order valence-electron chi connectivity index (χ4n) is 2.32. The predicted molar refractivity (Wildman–Crippen MR) is 77.0 cm³/mol. The molecular formula is C15H25N3. The van der Waals surface area contributed by atoms with Gasteiger partial charge < -0.3 is 10.2 Å². The van der Waals surface area contributed by atoms with E-state index < -0.39 is 0 Å². The van der Waals surface area contributed by atoms with E-state index in [-0.39, 0.29) is 0 Å². The van der Waals surface area contributed by atoms with Crippen LogP contribution in [-0.4, -0.2) is 24.6 Å². The Morgan fingerprint density at radius 3 is 2.72 bits per heavy atom. The minimum atomic E-state index is 0.709. The molecule has 18 heavy (non-hydrogen) atoms. The van der Waals surface area contributed by atoms with E-state index in [4.69, 9.17) is 4.98 Å². The first-order valence-electron chi connectivity index (χ1n) is 7.12. The summed E-state index contributed by atoms with van der Waals surface area (Å²) < 4.78 is 0. The lowest BCUT2D eigenvalue weighted by Gasteiger charge is -2.35. The van der Waals surface area contributed by atoms with Crippen LogP contribution in [0.4, 0.5) is 5.82 Å². The van der Waals surface area contributed by atoms with Crippen LogP contribution in [0, 0.1) is 6.92 Å². The standard InChI is InChI=1S/C15H25N3/c1-4-10-16-11-13-8-9-15(17-12(13)2)18(3)14-6-5-7-14/h8-9,14,16H,4-7,10-11H2,1-3H3. The van der Waals surface area contributed by atoms with Crippen LogP contribution < -0.4 is 10.2 Å². The second-order valence-electron chi connectivity index (χ2n) is 5.29. The Hall–Kier alpha value is -1.09. The smallest absolute Gasteiger partial charge is 0.128 e.